The van der Waals surface area contributed by atoms with Crippen molar-refractivity contribution in [1.29, 1.82) is 0 Å². The SMILES string of the molecule is COc1ccccc1NC(=O)OCC1CCCCN1C. The van der Waals surface area contributed by atoms with Gasteiger partial charge in [-0.2, -0.15) is 0 Å². The number of nitrogens with zero attached hydrogens (tertiary/aromatic N) is 1. The molecule has 1 aliphatic rings. The molecular formula is C15H22N2O3. The maximum Gasteiger partial charge on any atom is 0.411 e. The van der Waals surface area contributed by atoms with Gasteiger partial charge in [-0.1, -0.05) is 18.6 Å². The number of rotatable bonds is 4. The standard InChI is InChI=1S/C15H22N2O3/c1-17-10-6-5-7-12(17)11-20-15(18)16-13-8-3-4-9-14(13)19-2/h3-4,8-9,12H,5-7,10-11H2,1-2H3,(H,16,18). The second-order valence-corrected chi connectivity index (χ2v) is 5.05. The fourth-order valence-corrected chi connectivity index (χ4v) is 2.42. The fraction of sp³-hybridized carbons (Fsp3) is 0.533. The number of hydrogen-bond acceptors (Lipinski definition) is 4. The number of likely N-dealkylation sites (tertiary alicyclic amines) is 1. The number of benzene rings is 1. The van der Waals surface area contributed by atoms with Gasteiger partial charge in [0.15, 0.2) is 0 Å². The molecule has 1 N–H and O–H groups in total. The van der Waals surface area contributed by atoms with E-state index in [9.17, 15) is 4.79 Å². The lowest BCUT2D eigenvalue weighted by atomic mass is 10.0. The summed E-state index contributed by atoms with van der Waals surface area (Å²) in [4.78, 5) is 14.1. The Kier molecular flexibility index (Phi) is 5.24. The van der Waals surface area contributed by atoms with E-state index in [1.54, 1.807) is 19.2 Å². The van der Waals surface area contributed by atoms with Crippen molar-refractivity contribution in [3.05, 3.63) is 24.3 Å². The maximum absolute atomic E-state index is 11.8. The molecule has 1 unspecified atom stereocenters. The van der Waals surface area contributed by atoms with Gasteiger partial charge in [0.2, 0.25) is 0 Å². The molecule has 0 radical (unpaired) electrons. The molecule has 5 nitrogen and oxygen atoms in total. The number of nitrogens with one attached hydrogen (secondary N) is 1. The Bertz CT molecular complexity index is 450. The lowest BCUT2D eigenvalue weighted by Gasteiger charge is -2.31. The Morgan fingerprint density at radius 2 is 2.20 bits per heavy atom. The van der Waals surface area contributed by atoms with Crippen molar-refractivity contribution in [2.45, 2.75) is 25.3 Å². The van der Waals surface area contributed by atoms with Crippen molar-refractivity contribution < 1.29 is 14.3 Å². The lowest BCUT2D eigenvalue weighted by molar-refractivity contribution is 0.0907. The van der Waals surface area contributed by atoms with Gasteiger partial charge in [0.1, 0.15) is 12.4 Å². The Morgan fingerprint density at radius 3 is 2.95 bits per heavy atom. The molecule has 1 heterocycles. The van der Waals surface area contributed by atoms with E-state index in [0.717, 1.165) is 13.0 Å². The van der Waals surface area contributed by atoms with E-state index in [4.69, 9.17) is 9.47 Å². The van der Waals surface area contributed by atoms with Crippen LogP contribution in [0.25, 0.3) is 0 Å². The van der Waals surface area contributed by atoms with Gasteiger partial charge in [-0.3, -0.25) is 5.32 Å². The van der Waals surface area contributed by atoms with E-state index in [-0.39, 0.29) is 0 Å². The number of likely N-dealkylation sites (N-methyl/N-ethyl adjacent to an activating group) is 1. The van der Waals surface area contributed by atoms with E-state index in [0.29, 0.717) is 24.1 Å². The van der Waals surface area contributed by atoms with Crippen LogP contribution in [0.5, 0.6) is 5.75 Å². The maximum atomic E-state index is 11.8. The Hall–Kier alpha value is -1.75. The van der Waals surface area contributed by atoms with E-state index in [1.807, 2.05) is 12.1 Å². The van der Waals surface area contributed by atoms with Gasteiger partial charge in [-0.15, -0.1) is 0 Å². The number of ether oxygens (including phenoxy) is 2. The van der Waals surface area contributed by atoms with E-state index >= 15 is 0 Å². The van der Waals surface area contributed by atoms with Crippen LogP contribution < -0.4 is 10.1 Å². The Morgan fingerprint density at radius 1 is 1.40 bits per heavy atom. The van der Waals surface area contributed by atoms with Gasteiger partial charge in [0.25, 0.3) is 0 Å². The third kappa shape index (κ3) is 3.87. The molecule has 1 amide bonds. The highest BCUT2D eigenvalue weighted by atomic mass is 16.5. The number of piperidine rings is 1. The highest BCUT2D eigenvalue weighted by Gasteiger charge is 2.20. The third-order valence-corrected chi connectivity index (χ3v) is 3.67. The lowest BCUT2D eigenvalue weighted by Crippen LogP contribution is -2.40. The summed E-state index contributed by atoms with van der Waals surface area (Å²) in [5.41, 5.74) is 0.622. The topological polar surface area (TPSA) is 50.8 Å². The number of methoxy groups -OCH3 is 1. The number of anilines is 1. The van der Waals surface area contributed by atoms with Crippen LogP contribution in [-0.2, 0) is 4.74 Å². The number of carbonyl (C=O) groups is 1. The van der Waals surface area contributed by atoms with Crippen LogP contribution in [0.4, 0.5) is 10.5 Å². The first-order chi connectivity index (χ1) is 9.70. The van der Waals surface area contributed by atoms with Crippen LogP contribution >= 0.6 is 0 Å². The molecule has 5 heteroatoms. The van der Waals surface area contributed by atoms with Gasteiger partial charge < -0.3 is 14.4 Å². The second-order valence-electron chi connectivity index (χ2n) is 5.05. The monoisotopic (exact) mass is 278 g/mol. The van der Waals surface area contributed by atoms with Gasteiger partial charge in [0.05, 0.1) is 12.8 Å². The largest absolute Gasteiger partial charge is 0.495 e. The van der Waals surface area contributed by atoms with E-state index < -0.39 is 6.09 Å². The van der Waals surface area contributed by atoms with Crippen molar-refractivity contribution in [2.24, 2.45) is 0 Å². The first kappa shape index (κ1) is 14.7. The Labute approximate surface area is 119 Å². The number of para-hydroxylation sites is 2. The molecule has 0 aromatic heterocycles. The van der Waals surface area contributed by atoms with Crippen LogP contribution in [0.2, 0.25) is 0 Å². The number of carbonyl (C=O) groups excluding carboxylic acids is 1. The zero-order valence-electron chi connectivity index (χ0n) is 12.1. The predicted molar refractivity (Wildman–Crippen MR) is 78.2 cm³/mol. The third-order valence-electron chi connectivity index (χ3n) is 3.67. The average molecular weight is 278 g/mol. The second kappa shape index (κ2) is 7.14. The zero-order valence-corrected chi connectivity index (χ0v) is 12.1. The van der Waals surface area contributed by atoms with Crippen molar-refractivity contribution >= 4 is 11.8 Å². The molecule has 1 aromatic rings. The smallest absolute Gasteiger partial charge is 0.411 e. The number of hydrogen-bond donors (Lipinski definition) is 1. The highest BCUT2D eigenvalue weighted by Crippen LogP contribution is 2.23. The predicted octanol–water partition coefficient (Wildman–Crippen LogP) is 2.73. The Balaban J connectivity index is 1.83. The molecule has 0 bridgehead atoms. The summed E-state index contributed by atoms with van der Waals surface area (Å²) < 4.78 is 10.5. The summed E-state index contributed by atoms with van der Waals surface area (Å²) in [6, 6.07) is 7.60. The quantitative estimate of drug-likeness (QED) is 0.920. The summed E-state index contributed by atoms with van der Waals surface area (Å²) in [7, 11) is 3.65. The van der Waals surface area contributed by atoms with Crippen LogP contribution in [0.1, 0.15) is 19.3 Å². The van der Waals surface area contributed by atoms with E-state index in [1.165, 1.54) is 12.8 Å². The minimum absolute atomic E-state index is 0.326. The fourth-order valence-electron chi connectivity index (χ4n) is 2.42. The molecule has 1 aromatic carbocycles. The number of amides is 1. The normalized spacial score (nSPS) is 19.4. The summed E-state index contributed by atoms with van der Waals surface area (Å²) in [6.45, 7) is 1.50. The van der Waals surface area contributed by atoms with Crippen molar-refractivity contribution in [2.75, 3.05) is 32.6 Å². The summed E-state index contributed by atoms with van der Waals surface area (Å²) in [5.74, 6) is 0.624. The van der Waals surface area contributed by atoms with Gasteiger partial charge in [-0.25, -0.2) is 4.79 Å². The molecule has 1 saturated heterocycles. The van der Waals surface area contributed by atoms with Crippen LogP contribution in [-0.4, -0.2) is 44.3 Å². The highest BCUT2D eigenvalue weighted by molar-refractivity contribution is 5.86. The van der Waals surface area contributed by atoms with Crippen molar-refractivity contribution in [1.82, 2.24) is 4.90 Å². The molecular weight excluding hydrogens is 256 g/mol. The average Bonchev–Trinajstić information content (AvgIpc) is 2.47. The molecule has 2 rings (SSSR count). The van der Waals surface area contributed by atoms with Crippen molar-refractivity contribution in [3.63, 3.8) is 0 Å². The summed E-state index contributed by atoms with van der Waals surface area (Å²) >= 11 is 0. The molecule has 110 valence electrons. The molecule has 20 heavy (non-hydrogen) atoms. The van der Waals surface area contributed by atoms with Crippen molar-refractivity contribution in [3.8, 4) is 5.75 Å². The van der Waals surface area contributed by atoms with Crippen LogP contribution in [0.15, 0.2) is 24.3 Å². The first-order valence-electron chi connectivity index (χ1n) is 6.97. The molecule has 1 aliphatic heterocycles. The minimum Gasteiger partial charge on any atom is -0.495 e. The van der Waals surface area contributed by atoms with Crippen LogP contribution in [0.3, 0.4) is 0 Å². The van der Waals surface area contributed by atoms with E-state index in [2.05, 4.69) is 17.3 Å². The minimum atomic E-state index is -0.437. The molecule has 0 spiro atoms. The zero-order chi connectivity index (χ0) is 14.4. The summed E-state index contributed by atoms with van der Waals surface area (Å²) in [5, 5.41) is 2.71. The first-order valence-corrected chi connectivity index (χ1v) is 6.97. The summed E-state index contributed by atoms with van der Waals surface area (Å²) in [6.07, 6.45) is 3.07. The van der Waals surface area contributed by atoms with Gasteiger partial charge in [-0.05, 0) is 38.6 Å². The van der Waals surface area contributed by atoms with Gasteiger partial charge >= 0.3 is 6.09 Å². The van der Waals surface area contributed by atoms with Crippen LogP contribution in [0, 0.1) is 0 Å². The molecule has 1 atom stereocenters. The molecule has 0 saturated carbocycles. The molecule has 1 fully saturated rings. The molecule has 0 aliphatic carbocycles. The van der Waals surface area contributed by atoms with Gasteiger partial charge in [0, 0.05) is 6.04 Å².